The highest BCUT2D eigenvalue weighted by molar-refractivity contribution is 5.99. The fourth-order valence-corrected chi connectivity index (χ4v) is 2.68. The first kappa shape index (κ1) is 13.8. The molecule has 1 aliphatic heterocycles. The minimum absolute atomic E-state index is 0.0205. The second-order valence-corrected chi connectivity index (χ2v) is 5.21. The average Bonchev–Trinajstić information content (AvgIpc) is 2.38. The number of nitrogens with zero attached hydrogens (tertiary/aromatic N) is 1. The molecule has 1 amide bonds. The highest BCUT2D eigenvalue weighted by Gasteiger charge is 2.26. The molecule has 2 rings (SSSR count). The molecule has 0 aliphatic carbocycles. The van der Waals surface area contributed by atoms with Gasteiger partial charge in [0.25, 0.3) is 5.91 Å². The number of amides is 1. The normalized spacial score (nSPS) is 21.2. The fourth-order valence-electron chi connectivity index (χ4n) is 2.68. The standard InChI is InChI=1S/C14H20FN3O/c1-9(16)10-4-3-7-18(8-10)12-6-2-5-11(15)13(12)14(17)19/h2,5-6,9-10H,3-4,7-8,16H2,1H3,(H2,17,19). The Morgan fingerprint density at radius 3 is 2.89 bits per heavy atom. The van der Waals surface area contributed by atoms with Crippen molar-refractivity contribution in [3.63, 3.8) is 0 Å². The third kappa shape index (κ3) is 2.87. The molecule has 0 spiro atoms. The van der Waals surface area contributed by atoms with E-state index >= 15 is 0 Å². The molecule has 1 aliphatic rings. The van der Waals surface area contributed by atoms with Gasteiger partial charge in [0.05, 0.1) is 11.3 Å². The molecule has 2 unspecified atom stereocenters. The summed E-state index contributed by atoms with van der Waals surface area (Å²) in [6.45, 7) is 3.52. The number of anilines is 1. The van der Waals surface area contributed by atoms with Crippen LogP contribution in [0.2, 0.25) is 0 Å². The van der Waals surface area contributed by atoms with Crippen molar-refractivity contribution >= 4 is 11.6 Å². The molecule has 0 radical (unpaired) electrons. The van der Waals surface area contributed by atoms with Gasteiger partial charge in [-0.2, -0.15) is 0 Å². The minimum atomic E-state index is -0.726. The lowest BCUT2D eigenvalue weighted by Gasteiger charge is -2.36. The van der Waals surface area contributed by atoms with E-state index in [4.69, 9.17) is 11.5 Å². The average molecular weight is 265 g/mol. The van der Waals surface area contributed by atoms with E-state index in [0.29, 0.717) is 11.6 Å². The number of piperidine rings is 1. The van der Waals surface area contributed by atoms with E-state index in [0.717, 1.165) is 25.9 Å². The second kappa shape index (κ2) is 5.57. The third-order valence-electron chi connectivity index (χ3n) is 3.78. The molecule has 2 atom stereocenters. The quantitative estimate of drug-likeness (QED) is 0.869. The number of halogens is 1. The zero-order chi connectivity index (χ0) is 14.0. The Balaban J connectivity index is 2.31. The number of carbonyl (C=O) groups is 1. The van der Waals surface area contributed by atoms with E-state index < -0.39 is 11.7 Å². The summed E-state index contributed by atoms with van der Waals surface area (Å²) in [5.74, 6) is -0.929. The number of hydrogen-bond acceptors (Lipinski definition) is 3. The van der Waals surface area contributed by atoms with Crippen LogP contribution in [0.15, 0.2) is 18.2 Å². The maximum absolute atomic E-state index is 13.8. The van der Waals surface area contributed by atoms with Crippen molar-refractivity contribution in [2.24, 2.45) is 17.4 Å². The van der Waals surface area contributed by atoms with Gasteiger partial charge in [-0.3, -0.25) is 4.79 Å². The molecule has 1 aromatic rings. The highest BCUT2D eigenvalue weighted by atomic mass is 19.1. The monoisotopic (exact) mass is 265 g/mol. The van der Waals surface area contributed by atoms with Crippen molar-refractivity contribution < 1.29 is 9.18 Å². The van der Waals surface area contributed by atoms with E-state index in [-0.39, 0.29) is 11.6 Å². The van der Waals surface area contributed by atoms with E-state index in [2.05, 4.69) is 0 Å². The Kier molecular flexibility index (Phi) is 4.04. The topological polar surface area (TPSA) is 72.3 Å². The van der Waals surface area contributed by atoms with Gasteiger partial charge in [0.2, 0.25) is 0 Å². The number of hydrogen-bond donors (Lipinski definition) is 2. The van der Waals surface area contributed by atoms with Crippen molar-refractivity contribution in [1.82, 2.24) is 0 Å². The summed E-state index contributed by atoms with van der Waals surface area (Å²) in [4.78, 5) is 13.4. The van der Waals surface area contributed by atoms with Gasteiger partial charge in [0, 0.05) is 19.1 Å². The van der Waals surface area contributed by atoms with Crippen LogP contribution in [0.25, 0.3) is 0 Å². The van der Waals surface area contributed by atoms with Crippen LogP contribution in [0.1, 0.15) is 30.1 Å². The smallest absolute Gasteiger partial charge is 0.253 e. The lowest BCUT2D eigenvalue weighted by Crippen LogP contribution is -2.43. The molecule has 5 heteroatoms. The number of nitrogens with two attached hydrogens (primary N) is 2. The maximum Gasteiger partial charge on any atom is 0.253 e. The van der Waals surface area contributed by atoms with Gasteiger partial charge in [-0.1, -0.05) is 6.07 Å². The summed E-state index contributed by atoms with van der Waals surface area (Å²) in [6, 6.07) is 4.70. The predicted molar refractivity (Wildman–Crippen MR) is 73.5 cm³/mol. The summed E-state index contributed by atoms with van der Waals surface area (Å²) in [5.41, 5.74) is 11.8. The molecule has 19 heavy (non-hydrogen) atoms. The zero-order valence-electron chi connectivity index (χ0n) is 11.1. The molecule has 104 valence electrons. The molecule has 0 saturated carbocycles. The summed E-state index contributed by atoms with van der Waals surface area (Å²) in [7, 11) is 0. The Bertz CT molecular complexity index is 476. The van der Waals surface area contributed by atoms with Gasteiger partial charge in [-0.05, 0) is 37.8 Å². The molecule has 4 nitrogen and oxygen atoms in total. The van der Waals surface area contributed by atoms with Gasteiger partial charge >= 0.3 is 0 Å². The molecule has 1 fully saturated rings. The minimum Gasteiger partial charge on any atom is -0.370 e. The van der Waals surface area contributed by atoms with E-state index in [1.807, 2.05) is 11.8 Å². The molecular formula is C14H20FN3O. The SMILES string of the molecule is CC(N)C1CCCN(c2cccc(F)c2C(N)=O)C1. The highest BCUT2D eigenvalue weighted by Crippen LogP contribution is 2.28. The van der Waals surface area contributed by atoms with Crippen molar-refractivity contribution in [1.29, 1.82) is 0 Å². The van der Waals surface area contributed by atoms with E-state index in [1.165, 1.54) is 6.07 Å². The van der Waals surface area contributed by atoms with Crippen molar-refractivity contribution in [3.8, 4) is 0 Å². The van der Waals surface area contributed by atoms with Crippen LogP contribution in [-0.4, -0.2) is 25.0 Å². The first-order valence-corrected chi connectivity index (χ1v) is 6.59. The van der Waals surface area contributed by atoms with E-state index in [1.54, 1.807) is 12.1 Å². The number of primary amides is 1. The zero-order valence-corrected chi connectivity index (χ0v) is 11.1. The van der Waals surface area contributed by atoms with Crippen LogP contribution >= 0.6 is 0 Å². The summed E-state index contributed by atoms with van der Waals surface area (Å²) < 4.78 is 13.8. The number of rotatable bonds is 3. The number of benzene rings is 1. The summed E-state index contributed by atoms with van der Waals surface area (Å²) in [6.07, 6.45) is 2.05. The summed E-state index contributed by atoms with van der Waals surface area (Å²) in [5, 5.41) is 0. The molecule has 1 heterocycles. The molecule has 4 N–H and O–H groups in total. The third-order valence-corrected chi connectivity index (χ3v) is 3.78. The van der Waals surface area contributed by atoms with Crippen molar-refractivity contribution in [3.05, 3.63) is 29.6 Å². The van der Waals surface area contributed by atoms with Crippen LogP contribution in [0.3, 0.4) is 0 Å². The fraction of sp³-hybridized carbons (Fsp3) is 0.500. The van der Waals surface area contributed by atoms with Crippen LogP contribution < -0.4 is 16.4 Å². The van der Waals surface area contributed by atoms with Gasteiger partial charge in [0.15, 0.2) is 0 Å². The largest absolute Gasteiger partial charge is 0.370 e. The van der Waals surface area contributed by atoms with Crippen LogP contribution in [-0.2, 0) is 0 Å². The second-order valence-electron chi connectivity index (χ2n) is 5.21. The molecule has 0 aromatic heterocycles. The van der Waals surface area contributed by atoms with Gasteiger partial charge in [-0.15, -0.1) is 0 Å². The van der Waals surface area contributed by atoms with Crippen molar-refractivity contribution in [2.45, 2.75) is 25.8 Å². The van der Waals surface area contributed by atoms with Gasteiger partial charge in [0.1, 0.15) is 5.82 Å². The first-order valence-electron chi connectivity index (χ1n) is 6.59. The first-order chi connectivity index (χ1) is 9.00. The molecule has 0 bridgehead atoms. The van der Waals surface area contributed by atoms with Gasteiger partial charge < -0.3 is 16.4 Å². The van der Waals surface area contributed by atoms with E-state index in [9.17, 15) is 9.18 Å². The molecular weight excluding hydrogens is 245 g/mol. The van der Waals surface area contributed by atoms with Crippen LogP contribution in [0.4, 0.5) is 10.1 Å². The Morgan fingerprint density at radius 2 is 2.26 bits per heavy atom. The van der Waals surface area contributed by atoms with Gasteiger partial charge in [-0.25, -0.2) is 4.39 Å². The lowest BCUT2D eigenvalue weighted by molar-refractivity contribution is 0.0997. The maximum atomic E-state index is 13.8. The predicted octanol–water partition coefficient (Wildman–Crippen LogP) is 1.49. The summed E-state index contributed by atoms with van der Waals surface area (Å²) >= 11 is 0. The Morgan fingerprint density at radius 1 is 1.53 bits per heavy atom. The Hall–Kier alpha value is -1.62. The Labute approximate surface area is 112 Å². The molecule has 1 aromatic carbocycles. The lowest BCUT2D eigenvalue weighted by atomic mass is 9.91. The number of carbonyl (C=O) groups excluding carboxylic acids is 1. The van der Waals surface area contributed by atoms with Crippen LogP contribution in [0, 0.1) is 11.7 Å². The van der Waals surface area contributed by atoms with Crippen molar-refractivity contribution in [2.75, 3.05) is 18.0 Å². The van der Waals surface area contributed by atoms with Crippen LogP contribution in [0.5, 0.6) is 0 Å². The molecule has 1 saturated heterocycles.